The quantitative estimate of drug-likeness (QED) is 0.758. The molecule has 2 aliphatic rings. The van der Waals surface area contributed by atoms with Crippen LogP contribution in [0.1, 0.15) is 44.1 Å². The number of hydrogen-bond acceptors (Lipinski definition) is 1. The second kappa shape index (κ2) is 5.53. The van der Waals surface area contributed by atoms with Crippen LogP contribution in [0.4, 0.5) is 4.39 Å². The third-order valence-electron chi connectivity index (χ3n) is 5.01. The summed E-state index contributed by atoms with van der Waals surface area (Å²) in [5, 5.41) is 0. The molecule has 0 amide bonds. The molecule has 0 N–H and O–H groups in total. The molecule has 0 aromatic heterocycles. The van der Waals surface area contributed by atoms with E-state index in [0.29, 0.717) is 9.89 Å². The Hall–Kier alpha value is -0.410. The van der Waals surface area contributed by atoms with Crippen LogP contribution >= 0.6 is 15.9 Å². The summed E-state index contributed by atoms with van der Waals surface area (Å²) >= 11 is 3.37. The van der Waals surface area contributed by atoms with Gasteiger partial charge in [-0.15, -0.1) is 0 Å². The van der Waals surface area contributed by atoms with E-state index < -0.39 is 0 Å². The van der Waals surface area contributed by atoms with Gasteiger partial charge in [-0.3, -0.25) is 4.90 Å². The third kappa shape index (κ3) is 2.87. The van der Waals surface area contributed by atoms with E-state index in [4.69, 9.17) is 0 Å². The zero-order chi connectivity index (χ0) is 13.3. The summed E-state index contributed by atoms with van der Waals surface area (Å²) in [5.41, 5.74) is 1.73. The van der Waals surface area contributed by atoms with E-state index in [-0.39, 0.29) is 5.82 Å². The first-order valence-electron chi connectivity index (χ1n) is 7.34. The summed E-state index contributed by atoms with van der Waals surface area (Å²) < 4.78 is 14.1. The molecule has 1 saturated heterocycles. The van der Waals surface area contributed by atoms with Crippen LogP contribution in [-0.2, 0) is 6.54 Å². The van der Waals surface area contributed by atoms with Gasteiger partial charge in [-0.25, -0.2) is 4.39 Å². The van der Waals surface area contributed by atoms with Crippen LogP contribution in [0.2, 0.25) is 0 Å². The van der Waals surface area contributed by atoms with Crippen molar-refractivity contribution in [3.05, 3.63) is 34.1 Å². The highest BCUT2D eigenvalue weighted by Crippen LogP contribution is 2.46. The Morgan fingerprint density at radius 1 is 1.11 bits per heavy atom. The van der Waals surface area contributed by atoms with Gasteiger partial charge in [0.1, 0.15) is 5.82 Å². The third-order valence-corrected chi connectivity index (χ3v) is 5.89. The zero-order valence-electron chi connectivity index (χ0n) is 11.3. The van der Waals surface area contributed by atoms with Gasteiger partial charge in [0.25, 0.3) is 0 Å². The lowest BCUT2D eigenvalue weighted by atomic mass is 9.77. The molecule has 1 nitrogen and oxygen atoms in total. The lowest BCUT2D eigenvalue weighted by Gasteiger charge is -2.39. The van der Waals surface area contributed by atoms with Crippen LogP contribution in [0.25, 0.3) is 0 Å². The van der Waals surface area contributed by atoms with Crippen molar-refractivity contribution in [1.82, 2.24) is 4.90 Å². The second-order valence-electron chi connectivity index (χ2n) is 6.20. The summed E-state index contributed by atoms with van der Waals surface area (Å²) in [6, 6.07) is 5.34. The van der Waals surface area contributed by atoms with Gasteiger partial charge in [0.15, 0.2) is 0 Å². The van der Waals surface area contributed by atoms with Gasteiger partial charge in [0.05, 0.1) is 4.47 Å². The monoisotopic (exact) mass is 325 g/mol. The smallest absolute Gasteiger partial charge is 0.137 e. The number of hydrogen-bond donors (Lipinski definition) is 0. The van der Waals surface area contributed by atoms with Crippen molar-refractivity contribution < 1.29 is 4.39 Å². The first-order chi connectivity index (χ1) is 9.19. The molecular weight excluding hydrogens is 305 g/mol. The molecule has 1 aliphatic heterocycles. The number of nitrogens with zero attached hydrogens (tertiary/aromatic N) is 1. The normalized spacial score (nSPS) is 23.1. The van der Waals surface area contributed by atoms with Gasteiger partial charge in [-0.1, -0.05) is 25.0 Å². The summed E-state index contributed by atoms with van der Waals surface area (Å²) in [6.45, 7) is 3.21. The van der Waals surface area contributed by atoms with Crippen molar-refractivity contribution in [2.75, 3.05) is 13.1 Å². The van der Waals surface area contributed by atoms with E-state index in [1.165, 1.54) is 57.7 Å². The summed E-state index contributed by atoms with van der Waals surface area (Å²) in [4.78, 5) is 2.48. The second-order valence-corrected chi connectivity index (χ2v) is 6.99. The average molecular weight is 326 g/mol. The molecule has 1 saturated carbocycles. The predicted molar refractivity (Wildman–Crippen MR) is 79.5 cm³/mol. The van der Waals surface area contributed by atoms with Crippen molar-refractivity contribution >= 4 is 15.9 Å². The largest absolute Gasteiger partial charge is 0.299 e. The van der Waals surface area contributed by atoms with E-state index in [0.717, 1.165) is 12.1 Å². The van der Waals surface area contributed by atoms with Gasteiger partial charge in [0.2, 0.25) is 0 Å². The number of halogens is 2. The minimum Gasteiger partial charge on any atom is -0.299 e. The average Bonchev–Trinajstić information content (AvgIpc) is 2.86. The molecule has 0 bridgehead atoms. The van der Waals surface area contributed by atoms with Gasteiger partial charge < -0.3 is 0 Å². The fraction of sp³-hybridized carbons (Fsp3) is 0.625. The number of likely N-dealkylation sites (tertiary alicyclic amines) is 1. The minimum atomic E-state index is -0.151. The Kier molecular flexibility index (Phi) is 3.95. The fourth-order valence-electron chi connectivity index (χ4n) is 3.72. The first-order valence-corrected chi connectivity index (χ1v) is 8.13. The maximum atomic E-state index is 13.5. The number of rotatable bonds is 2. The molecule has 0 atom stereocenters. The Morgan fingerprint density at radius 2 is 1.79 bits per heavy atom. The maximum absolute atomic E-state index is 13.5. The molecule has 1 heterocycles. The molecule has 1 spiro atoms. The molecule has 1 aromatic carbocycles. The Labute approximate surface area is 123 Å². The van der Waals surface area contributed by atoms with E-state index in [2.05, 4.69) is 20.8 Å². The van der Waals surface area contributed by atoms with Crippen LogP contribution < -0.4 is 0 Å². The van der Waals surface area contributed by atoms with Crippen molar-refractivity contribution in [2.24, 2.45) is 5.41 Å². The van der Waals surface area contributed by atoms with Crippen LogP contribution in [0.3, 0.4) is 0 Å². The Morgan fingerprint density at radius 3 is 2.47 bits per heavy atom. The molecule has 3 rings (SSSR count). The van der Waals surface area contributed by atoms with Gasteiger partial charge in [-0.05, 0) is 71.7 Å². The molecule has 0 unspecified atom stereocenters. The lowest BCUT2D eigenvalue weighted by molar-refractivity contribution is 0.103. The number of piperidine rings is 1. The minimum absolute atomic E-state index is 0.151. The summed E-state index contributed by atoms with van der Waals surface area (Å²) in [6.07, 6.45) is 8.39. The SMILES string of the molecule is Fc1cccc(CN2CCC3(CCCC3)CC2)c1Br. The standard InChI is InChI=1S/C16H21BrFN/c17-15-13(4-3-5-14(15)18)12-19-10-8-16(9-11-19)6-1-2-7-16/h3-5H,1-2,6-12H2. The van der Waals surface area contributed by atoms with Gasteiger partial charge >= 0.3 is 0 Å². The van der Waals surface area contributed by atoms with E-state index in [1.807, 2.05) is 6.07 Å². The zero-order valence-corrected chi connectivity index (χ0v) is 12.9. The van der Waals surface area contributed by atoms with Gasteiger partial charge in [-0.2, -0.15) is 0 Å². The predicted octanol–water partition coefficient (Wildman–Crippen LogP) is 4.74. The molecule has 0 radical (unpaired) electrons. The molecule has 104 valence electrons. The first kappa shape index (κ1) is 13.6. The van der Waals surface area contributed by atoms with Crippen LogP contribution in [-0.4, -0.2) is 18.0 Å². The molecule has 1 aliphatic carbocycles. The van der Waals surface area contributed by atoms with E-state index >= 15 is 0 Å². The number of benzene rings is 1. The van der Waals surface area contributed by atoms with Crippen LogP contribution in [0.15, 0.2) is 22.7 Å². The Balaban J connectivity index is 1.61. The topological polar surface area (TPSA) is 3.24 Å². The molecule has 3 heteroatoms. The molecular formula is C16H21BrFN. The van der Waals surface area contributed by atoms with Gasteiger partial charge in [0, 0.05) is 6.54 Å². The molecule has 2 fully saturated rings. The Bertz CT molecular complexity index is 444. The van der Waals surface area contributed by atoms with Crippen molar-refractivity contribution in [2.45, 2.75) is 45.1 Å². The highest BCUT2D eigenvalue weighted by molar-refractivity contribution is 9.10. The van der Waals surface area contributed by atoms with Crippen molar-refractivity contribution in [1.29, 1.82) is 0 Å². The van der Waals surface area contributed by atoms with E-state index in [9.17, 15) is 4.39 Å². The molecule has 19 heavy (non-hydrogen) atoms. The highest BCUT2D eigenvalue weighted by Gasteiger charge is 2.36. The fourth-order valence-corrected chi connectivity index (χ4v) is 4.11. The maximum Gasteiger partial charge on any atom is 0.137 e. The highest BCUT2D eigenvalue weighted by atomic mass is 79.9. The molecule has 1 aromatic rings. The summed E-state index contributed by atoms with van der Waals surface area (Å²) in [7, 11) is 0. The van der Waals surface area contributed by atoms with Crippen molar-refractivity contribution in [3.8, 4) is 0 Å². The van der Waals surface area contributed by atoms with Crippen LogP contribution in [0.5, 0.6) is 0 Å². The summed E-state index contributed by atoms with van der Waals surface area (Å²) in [5.74, 6) is -0.151. The van der Waals surface area contributed by atoms with Crippen molar-refractivity contribution in [3.63, 3.8) is 0 Å². The van der Waals surface area contributed by atoms with E-state index in [1.54, 1.807) is 6.07 Å². The van der Waals surface area contributed by atoms with Crippen LogP contribution in [0, 0.1) is 11.2 Å². The lowest BCUT2D eigenvalue weighted by Crippen LogP contribution is -2.38.